The third kappa shape index (κ3) is 1.03. The molecular formula is C7H15N. The molecule has 0 saturated heterocycles. The van der Waals surface area contributed by atoms with Crippen molar-refractivity contribution >= 4 is 0 Å². The first kappa shape index (κ1) is 6.09. The molecule has 1 saturated carbocycles. The van der Waals surface area contributed by atoms with Gasteiger partial charge in [-0.25, -0.2) is 0 Å². The molecule has 0 aromatic heterocycles. The Labute approximate surface area is 51.5 Å². The van der Waals surface area contributed by atoms with Gasteiger partial charge in [-0.3, -0.25) is 0 Å². The van der Waals surface area contributed by atoms with Gasteiger partial charge in [-0.1, -0.05) is 13.3 Å². The highest BCUT2D eigenvalue weighted by Gasteiger charge is 2.20. The van der Waals surface area contributed by atoms with E-state index in [2.05, 4.69) is 19.3 Å². The van der Waals surface area contributed by atoms with Crippen LogP contribution in [0.3, 0.4) is 0 Å². The second-order valence-electron chi connectivity index (χ2n) is 2.80. The second-order valence-corrected chi connectivity index (χ2v) is 2.80. The van der Waals surface area contributed by atoms with Crippen LogP contribution in [0.15, 0.2) is 0 Å². The van der Waals surface area contributed by atoms with Gasteiger partial charge >= 0.3 is 0 Å². The lowest BCUT2D eigenvalue weighted by atomic mass is 10.1. The predicted molar refractivity (Wildman–Crippen MR) is 35.9 cm³/mol. The second kappa shape index (κ2) is 2.49. The van der Waals surface area contributed by atoms with Crippen LogP contribution in [-0.2, 0) is 0 Å². The fraction of sp³-hybridized carbons (Fsp3) is 1.00. The molecule has 1 aliphatic carbocycles. The molecule has 2 atom stereocenters. The van der Waals surface area contributed by atoms with E-state index in [4.69, 9.17) is 0 Å². The summed E-state index contributed by atoms with van der Waals surface area (Å²) in [5.74, 6) is 0.917. The zero-order valence-corrected chi connectivity index (χ0v) is 5.78. The molecule has 0 heterocycles. The van der Waals surface area contributed by atoms with Gasteiger partial charge in [0.1, 0.15) is 0 Å². The summed E-state index contributed by atoms with van der Waals surface area (Å²) >= 11 is 0. The van der Waals surface area contributed by atoms with Crippen LogP contribution in [0.25, 0.3) is 0 Å². The van der Waals surface area contributed by atoms with E-state index in [1.807, 2.05) is 0 Å². The van der Waals surface area contributed by atoms with Crippen LogP contribution >= 0.6 is 0 Å². The summed E-state index contributed by atoms with van der Waals surface area (Å²) in [4.78, 5) is 0. The summed E-state index contributed by atoms with van der Waals surface area (Å²) in [6.07, 6.45) is 4.23. The average molecular weight is 113 g/mol. The SMILES string of the molecule is CN[C@H]1CCCC1C. The van der Waals surface area contributed by atoms with Gasteiger partial charge in [-0.15, -0.1) is 0 Å². The Bertz CT molecular complexity index is 70.8. The first-order valence-electron chi connectivity index (χ1n) is 3.52. The Morgan fingerprint density at radius 3 is 2.38 bits per heavy atom. The predicted octanol–water partition coefficient (Wildman–Crippen LogP) is 1.39. The third-order valence-corrected chi connectivity index (χ3v) is 2.23. The minimum Gasteiger partial charge on any atom is -0.317 e. The molecule has 0 bridgehead atoms. The Kier molecular flexibility index (Phi) is 1.90. The van der Waals surface area contributed by atoms with Crippen molar-refractivity contribution in [2.75, 3.05) is 7.05 Å². The molecule has 0 aliphatic heterocycles. The van der Waals surface area contributed by atoms with Crippen LogP contribution in [0.1, 0.15) is 26.2 Å². The fourth-order valence-electron chi connectivity index (χ4n) is 1.57. The summed E-state index contributed by atoms with van der Waals surface area (Å²) in [6.45, 7) is 2.33. The maximum Gasteiger partial charge on any atom is 0.00896 e. The number of nitrogens with one attached hydrogen (secondary N) is 1. The lowest BCUT2D eigenvalue weighted by Crippen LogP contribution is -2.26. The summed E-state index contributed by atoms with van der Waals surface area (Å²) in [5.41, 5.74) is 0. The molecule has 0 aromatic rings. The fourth-order valence-corrected chi connectivity index (χ4v) is 1.57. The van der Waals surface area contributed by atoms with Crippen molar-refractivity contribution in [3.8, 4) is 0 Å². The van der Waals surface area contributed by atoms with Crippen molar-refractivity contribution in [2.24, 2.45) is 5.92 Å². The molecule has 1 heteroatoms. The van der Waals surface area contributed by atoms with Crippen LogP contribution in [0.4, 0.5) is 0 Å². The van der Waals surface area contributed by atoms with Crippen LogP contribution in [0.5, 0.6) is 0 Å². The summed E-state index contributed by atoms with van der Waals surface area (Å²) < 4.78 is 0. The first-order valence-corrected chi connectivity index (χ1v) is 3.52. The van der Waals surface area contributed by atoms with E-state index >= 15 is 0 Å². The van der Waals surface area contributed by atoms with Crippen molar-refractivity contribution in [1.82, 2.24) is 5.32 Å². The maximum absolute atomic E-state index is 3.31. The molecule has 1 N–H and O–H groups in total. The molecule has 1 rings (SSSR count). The van der Waals surface area contributed by atoms with Gasteiger partial charge in [-0.2, -0.15) is 0 Å². The van der Waals surface area contributed by atoms with Crippen LogP contribution in [-0.4, -0.2) is 13.1 Å². The van der Waals surface area contributed by atoms with Crippen molar-refractivity contribution in [2.45, 2.75) is 32.2 Å². The van der Waals surface area contributed by atoms with Crippen molar-refractivity contribution in [3.63, 3.8) is 0 Å². The van der Waals surface area contributed by atoms with Gasteiger partial charge < -0.3 is 5.32 Å². The normalized spacial score (nSPS) is 38.2. The van der Waals surface area contributed by atoms with Crippen LogP contribution in [0.2, 0.25) is 0 Å². The smallest absolute Gasteiger partial charge is 0.00896 e. The minimum atomic E-state index is 0.815. The first-order chi connectivity index (χ1) is 3.84. The monoisotopic (exact) mass is 113 g/mol. The Morgan fingerprint density at radius 1 is 1.38 bits per heavy atom. The zero-order valence-electron chi connectivity index (χ0n) is 5.78. The molecule has 0 spiro atoms. The largest absolute Gasteiger partial charge is 0.317 e. The highest BCUT2D eigenvalue weighted by Crippen LogP contribution is 2.23. The molecule has 0 radical (unpaired) electrons. The maximum atomic E-state index is 3.31. The van der Waals surface area contributed by atoms with Crippen molar-refractivity contribution < 1.29 is 0 Å². The van der Waals surface area contributed by atoms with Crippen LogP contribution < -0.4 is 5.32 Å². The van der Waals surface area contributed by atoms with E-state index in [0.717, 1.165) is 12.0 Å². The quantitative estimate of drug-likeness (QED) is 0.542. The standard InChI is InChI=1S/C7H15N/c1-6-4-3-5-7(6)8-2/h6-8H,3-5H2,1-2H3/t6?,7-/m0/s1. The summed E-state index contributed by atoms with van der Waals surface area (Å²) in [7, 11) is 2.06. The average Bonchev–Trinajstić information content (AvgIpc) is 2.14. The highest BCUT2D eigenvalue weighted by atomic mass is 14.9. The van der Waals surface area contributed by atoms with E-state index in [1.54, 1.807) is 0 Å². The van der Waals surface area contributed by atoms with Crippen molar-refractivity contribution in [3.05, 3.63) is 0 Å². The summed E-state index contributed by atoms with van der Waals surface area (Å²) in [5, 5.41) is 3.31. The number of rotatable bonds is 1. The van der Waals surface area contributed by atoms with Crippen molar-refractivity contribution in [1.29, 1.82) is 0 Å². The number of hydrogen-bond donors (Lipinski definition) is 1. The summed E-state index contributed by atoms with van der Waals surface area (Å²) in [6, 6.07) is 0.815. The number of hydrogen-bond acceptors (Lipinski definition) is 1. The van der Waals surface area contributed by atoms with Crippen LogP contribution in [0, 0.1) is 5.92 Å². The third-order valence-electron chi connectivity index (χ3n) is 2.23. The molecule has 1 fully saturated rings. The van der Waals surface area contributed by atoms with Gasteiger partial charge in [0.15, 0.2) is 0 Å². The molecule has 1 unspecified atom stereocenters. The molecular weight excluding hydrogens is 98.1 g/mol. The lowest BCUT2D eigenvalue weighted by molar-refractivity contribution is 0.459. The van der Waals surface area contributed by atoms with E-state index in [1.165, 1.54) is 19.3 Å². The molecule has 48 valence electrons. The van der Waals surface area contributed by atoms with Gasteiger partial charge in [0.05, 0.1) is 0 Å². The van der Waals surface area contributed by atoms with Gasteiger partial charge in [-0.05, 0) is 25.8 Å². The van der Waals surface area contributed by atoms with Gasteiger partial charge in [0.25, 0.3) is 0 Å². The molecule has 1 aliphatic rings. The molecule has 1 nitrogen and oxygen atoms in total. The van der Waals surface area contributed by atoms with E-state index in [0.29, 0.717) is 0 Å². The van der Waals surface area contributed by atoms with Gasteiger partial charge in [0, 0.05) is 6.04 Å². The Balaban J connectivity index is 2.30. The molecule has 0 amide bonds. The lowest BCUT2D eigenvalue weighted by Gasteiger charge is -2.12. The zero-order chi connectivity index (χ0) is 5.98. The van der Waals surface area contributed by atoms with E-state index < -0.39 is 0 Å². The topological polar surface area (TPSA) is 12.0 Å². The minimum absolute atomic E-state index is 0.815. The Morgan fingerprint density at radius 2 is 2.12 bits per heavy atom. The highest BCUT2D eigenvalue weighted by molar-refractivity contribution is 4.78. The molecule has 8 heavy (non-hydrogen) atoms. The van der Waals surface area contributed by atoms with E-state index in [-0.39, 0.29) is 0 Å². The molecule has 0 aromatic carbocycles. The Hall–Kier alpha value is -0.0400. The van der Waals surface area contributed by atoms with E-state index in [9.17, 15) is 0 Å². The van der Waals surface area contributed by atoms with Gasteiger partial charge in [0.2, 0.25) is 0 Å².